The van der Waals surface area contributed by atoms with Crippen molar-refractivity contribution in [2.45, 2.75) is 58.7 Å². The Kier molecular flexibility index (Phi) is 6.31. The summed E-state index contributed by atoms with van der Waals surface area (Å²) in [6.45, 7) is 7.40. The summed E-state index contributed by atoms with van der Waals surface area (Å²) in [5, 5.41) is 0. The highest BCUT2D eigenvalue weighted by Gasteiger charge is 2.35. The van der Waals surface area contributed by atoms with Crippen molar-refractivity contribution in [3.05, 3.63) is 28.4 Å². The number of halogens is 1. The maximum atomic E-state index is 12.8. The Morgan fingerprint density at radius 2 is 2.00 bits per heavy atom. The zero-order valence-corrected chi connectivity index (χ0v) is 18.8. The smallest absolute Gasteiger partial charge is 0.414 e. The number of nitrogens with two attached hydrogens (primary N) is 1. The van der Waals surface area contributed by atoms with Crippen LogP contribution in [0.3, 0.4) is 0 Å². The van der Waals surface area contributed by atoms with Gasteiger partial charge in [-0.3, -0.25) is 14.7 Å². The average molecular weight is 463 g/mol. The van der Waals surface area contributed by atoms with Crippen molar-refractivity contribution < 1.29 is 14.3 Å². The predicted molar refractivity (Wildman–Crippen MR) is 119 cm³/mol. The van der Waals surface area contributed by atoms with Gasteiger partial charge >= 0.3 is 6.09 Å². The highest BCUT2D eigenvalue weighted by atomic mass is 79.9. The Bertz CT molecular complexity index is 877. The molecule has 156 valence electrons. The van der Waals surface area contributed by atoms with E-state index in [1.807, 2.05) is 32.9 Å². The molecule has 1 saturated carbocycles. The van der Waals surface area contributed by atoms with Gasteiger partial charge in [0, 0.05) is 41.5 Å². The highest BCUT2D eigenvalue weighted by molar-refractivity contribution is 9.10. The topological polar surface area (TPSA) is 88.2 Å². The van der Waals surface area contributed by atoms with Gasteiger partial charge in [0.1, 0.15) is 0 Å². The third-order valence-corrected chi connectivity index (χ3v) is 5.52. The van der Waals surface area contributed by atoms with Crippen molar-refractivity contribution in [2.24, 2.45) is 10.7 Å². The van der Waals surface area contributed by atoms with Gasteiger partial charge in [0.25, 0.3) is 0 Å². The Morgan fingerprint density at radius 3 is 2.55 bits per heavy atom. The van der Waals surface area contributed by atoms with E-state index in [-0.39, 0.29) is 18.1 Å². The molecule has 0 radical (unpaired) electrons. The number of carbonyl (C=O) groups excluding carboxylic acids is 2. The molecule has 0 spiro atoms. The number of aliphatic imine (C=N–C) groups is 1. The second-order valence-electron chi connectivity index (χ2n) is 7.73. The monoisotopic (exact) mass is 462 g/mol. The molecule has 8 heteroatoms. The first-order chi connectivity index (χ1) is 13.7. The van der Waals surface area contributed by atoms with Gasteiger partial charge in [0.2, 0.25) is 5.91 Å². The third-order valence-electron chi connectivity index (χ3n) is 4.86. The van der Waals surface area contributed by atoms with Crippen molar-refractivity contribution in [1.82, 2.24) is 0 Å². The summed E-state index contributed by atoms with van der Waals surface area (Å²) >= 11 is 3.60. The summed E-state index contributed by atoms with van der Waals surface area (Å²) in [5.41, 5.74) is 8.69. The van der Waals surface area contributed by atoms with Crippen molar-refractivity contribution in [3.63, 3.8) is 0 Å². The number of hydrogen-bond donors (Lipinski definition) is 1. The summed E-state index contributed by atoms with van der Waals surface area (Å²) in [6.07, 6.45) is 4.79. The largest absolute Gasteiger partial charge is 0.446 e. The molecular formula is C21H27BrN4O3. The minimum Gasteiger partial charge on any atom is -0.446 e. The molecule has 0 unspecified atom stereocenters. The summed E-state index contributed by atoms with van der Waals surface area (Å²) in [5.74, 6) is -0.0832. The van der Waals surface area contributed by atoms with Crippen LogP contribution in [0, 0.1) is 0 Å². The number of amides is 2. The number of anilines is 2. The molecule has 1 aliphatic heterocycles. The second-order valence-corrected chi connectivity index (χ2v) is 8.59. The van der Waals surface area contributed by atoms with E-state index in [2.05, 4.69) is 20.9 Å². The molecule has 0 bridgehead atoms. The highest BCUT2D eigenvalue weighted by Crippen LogP contribution is 2.41. The first kappa shape index (κ1) is 21.4. The quantitative estimate of drug-likeness (QED) is 0.682. The van der Waals surface area contributed by atoms with Gasteiger partial charge in [-0.2, -0.15) is 0 Å². The molecule has 1 heterocycles. The van der Waals surface area contributed by atoms with Crippen LogP contribution >= 0.6 is 15.9 Å². The number of ether oxygens (including phenoxy) is 1. The van der Waals surface area contributed by atoms with Crippen LogP contribution < -0.4 is 15.5 Å². The van der Waals surface area contributed by atoms with Crippen LogP contribution in [-0.4, -0.2) is 42.9 Å². The van der Waals surface area contributed by atoms with Crippen molar-refractivity contribution in [1.29, 1.82) is 0 Å². The lowest BCUT2D eigenvalue weighted by molar-refractivity contribution is -0.117. The Balaban J connectivity index is 2.09. The third kappa shape index (κ3) is 4.63. The molecule has 7 nitrogen and oxygen atoms in total. The first-order valence-electron chi connectivity index (χ1n) is 9.79. The maximum absolute atomic E-state index is 12.8. The zero-order chi connectivity index (χ0) is 21.3. The number of rotatable bonds is 4. The normalized spacial score (nSPS) is 19.7. The lowest BCUT2D eigenvalue weighted by Gasteiger charge is -2.40. The standard InChI is InChI=1S/C21H27BrN4O3/c1-12(2)29-21(28)25-11-13(3)26(14(4)27)20-8-18(22)17(7-19(20)25)15(9-23)10-24-16-5-6-16/h7-10,12-13,16H,5-6,11,23H2,1-4H3/t13-/m0/s1. The van der Waals surface area contributed by atoms with Crippen LogP contribution in [-0.2, 0) is 9.53 Å². The summed E-state index contributed by atoms with van der Waals surface area (Å²) in [7, 11) is 0. The Labute approximate surface area is 179 Å². The molecule has 2 N–H and O–H groups in total. The number of hydrogen-bond acceptors (Lipinski definition) is 5. The summed E-state index contributed by atoms with van der Waals surface area (Å²) < 4.78 is 6.21. The molecule has 2 amide bonds. The fourth-order valence-electron chi connectivity index (χ4n) is 3.39. The number of fused-ring (bicyclic) bond motifs is 1. The van der Waals surface area contributed by atoms with Gasteiger partial charge in [0.15, 0.2) is 0 Å². The maximum Gasteiger partial charge on any atom is 0.414 e. The lowest BCUT2D eigenvalue weighted by atomic mass is 10.0. The van der Waals surface area contributed by atoms with Crippen molar-refractivity contribution >= 4 is 51.1 Å². The van der Waals surface area contributed by atoms with Gasteiger partial charge < -0.3 is 15.4 Å². The van der Waals surface area contributed by atoms with Crippen LogP contribution in [0.5, 0.6) is 0 Å². The number of nitrogens with zero attached hydrogens (tertiary/aromatic N) is 3. The molecule has 3 rings (SSSR count). The van der Waals surface area contributed by atoms with Crippen LogP contribution in [0.1, 0.15) is 46.1 Å². The van der Waals surface area contributed by atoms with E-state index in [0.29, 0.717) is 24.0 Å². The fraction of sp³-hybridized carbons (Fsp3) is 0.476. The van der Waals surface area contributed by atoms with E-state index >= 15 is 0 Å². The average Bonchev–Trinajstić information content (AvgIpc) is 3.45. The van der Waals surface area contributed by atoms with Gasteiger partial charge in [-0.05, 0) is 45.7 Å². The molecule has 1 fully saturated rings. The van der Waals surface area contributed by atoms with Crippen LogP contribution in [0.2, 0.25) is 0 Å². The van der Waals surface area contributed by atoms with Crippen molar-refractivity contribution in [3.8, 4) is 0 Å². The summed E-state index contributed by atoms with van der Waals surface area (Å²) in [4.78, 5) is 32.9. The van der Waals surface area contributed by atoms with E-state index in [1.54, 1.807) is 16.0 Å². The number of benzene rings is 1. The molecule has 0 saturated heterocycles. The van der Waals surface area contributed by atoms with Gasteiger partial charge in [-0.25, -0.2) is 4.79 Å². The van der Waals surface area contributed by atoms with Crippen molar-refractivity contribution in [2.75, 3.05) is 16.3 Å². The van der Waals surface area contributed by atoms with Gasteiger partial charge in [0.05, 0.1) is 29.6 Å². The molecule has 0 aromatic heterocycles. The van der Waals surface area contributed by atoms with E-state index in [0.717, 1.165) is 28.5 Å². The second kappa shape index (κ2) is 8.57. The molecule has 2 aliphatic rings. The number of carbonyl (C=O) groups is 2. The van der Waals surface area contributed by atoms with Crippen LogP contribution in [0.15, 0.2) is 27.8 Å². The predicted octanol–water partition coefficient (Wildman–Crippen LogP) is 4.09. The van der Waals surface area contributed by atoms with Gasteiger partial charge in [-0.15, -0.1) is 0 Å². The minimum atomic E-state index is -0.436. The summed E-state index contributed by atoms with van der Waals surface area (Å²) in [6, 6.07) is 3.90. The van der Waals surface area contributed by atoms with Gasteiger partial charge in [-0.1, -0.05) is 15.9 Å². The van der Waals surface area contributed by atoms with E-state index < -0.39 is 6.09 Å². The van der Waals surface area contributed by atoms with E-state index in [1.165, 1.54) is 13.1 Å². The Morgan fingerprint density at radius 1 is 1.31 bits per heavy atom. The zero-order valence-electron chi connectivity index (χ0n) is 17.2. The molecule has 1 atom stereocenters. The van der Waals surface area contributed by atoms with E-state index in [9.17, 15) is 9.59 Å². The molecule has 29 heavy (non-hydrogen) atoms. The lowest BCUT2D eigenvalue weighted by Crippen LogP contribution is -2.51. The molecule has 1 aromatic rings. The molecule has 1 aromatic carbocycles. The Hall–Kier alpha value is -2.35. The SMILES string of the molecule is CC(=O)N1c2cc(Br)c(C(C=NC3CC3)=CN)cc2N(C(=O)OC(C)C)C[C@@H]1C. The molecular weight excluding hydrogens is 436 g/mol. The number of allylic oxidation sites excluding steroid dienone is 1. The minimum absolute atomic E-state index is 0.0832. The van der Waals surface area contributed by atoms with Crippen LogP contribution in [0.25, 0.3) is 5.57 Å². The van der Waals surface area contributed by atoms with Crippen LogP contribution in [0.4, 0.5) is 16.2 Å². The first-order valence-corrected chi connectivity index (χ1v) is 10.6. The van der Waals surface area contributed by atoms with E-state index in [4.69, 9.17) is 10.5 Å². The molecule has 1 aliphatic carbocycles. The fourth-order valence-corrected chi connectivity index (χ4v) is 3.95.